The number of anilines is 1. The number of nitro benzene ring substituents is 2. The van der Waals surface area contributed by atoms with Crippen molar-refractivity contribution >= 4 is 23.0 Å². The molecule has 10 nitrogen and oxygen atoms in total. The Balaban J connectivity index is 2.01. The molecule has 136 valence electrons. The van der Waals surface area contributed by atoms with E-state index in [1.165, 1.54) is 12.1 Å². The number of carbonyl (C=O) groups is 1. The molecule has 0 bridgehead atoms. The molecule has 25 heavy (non-hydrogen) atoms. The molecule has 0 atom stereocenters. The van der Waals surface area contributed by atoms with Crippen LogP contribution in [-0.4, -0.2) is 59.9 Å². The molecule has 0 aliphatic carbocycles. The summed E-state index contributed by atoms with van der Waals surface area (Å²) in [6, 6.07) is 3.67. The summed E-state index contributed by atoms with van der Waals surface area (Å²) in [5.74, 6) is -0.0309. The van der Waals surface area contributed by atoms with E-state index in [-0.39, 0.29) is 17.3 Å². The first-order valence-electron chi connectivity index (χ1n) is 8.09. The van der Waals surface area contributed by atoms with E-state index in [1.807, 2.05) is 16.7 Å². The van der Waals surface area contributed by atoms with Crippen LogP contribution in [0.3, 0.4) is 0 Å². The molecule has 1 aromatic rings. The molecule has 0 saturated carbocycles. The highest BCUT2D eigenvalue weighted by atomic mass is 16.6. The fourth-order valence-electron chi connectivity index (χ4n) is 2.71. The molecule has 2 rings (SSSR count). The third-order valence-corrected chi connectivity index (χ3v) is 4.02. The van der Waals surface area contributed by atoms with Gasteiger partial charge < -0.3 is 10.2 Å². The maximum absolute atomic E-state index is 11.7. The summed E-state index contributed by atoms with van der Waals surface area (Å²) in [5.41, 5.74) is -0.212. The minimum atomic E-state index is -0.649. The highest BCUT2D eigenvalue weighted by molar-refractivity contribution is 5.78. The quantitative estimate of drug-likeness (QED) is 0.577. The zero-order valence-electron chi connectivity index (χ0n) is 14.0. The van der Waals surface area contributed by atoms with Gasteiger partial charge in [-0.3, -0.25) is 29.9 Å². The minimum absolute atomic E-state index is 0.0309. The van der Waals surface area contributed by atoms with Gasteiger partial charge in [0, 0.05) is 38.8 Å². The number of rotatable bonds is 7. The van der Waals surface area contributed by atoms with Gasteiger partial charge in [0.1, 0.15) is 5.69 Å². The molecule has 1 amide bonds. The Morgan fingerprint density at radius 2 is 1.84 bits per heavy atom. The molecule has 1 aromatic carbocycles. The van der Waals surface area contributed by atoms with Gasteiger partial charge in [-0.25, -0.2) is 0 Å². The SMILES string of the molecule is CCCNC(=O)CN1CCN(c2ccc([N+](=O)[O-])cc2[N+](=O)[O-])CC1. The third-order valence-electron chi connectivity index (χ3n) is 4.02. The highest BCUT2D eigenvalue weighted by Crippen LogP contribution is 2.32. The predicted molar refractivity (Wildman–Crippen MR) is 91.7 cm³/mol. The number of benzene rings is 1. The second kappa shape index (κ2) is 8.38. The summed E-state index contributed by atoms with van der Waals surface area (Å²) >= 11 is 0. The van der Waals surface area contributed by atoms with E-state index < -0.39 is 9.85 Å². The molecule has 1 fully saturated rings. The summed E-state index contributed by atoms with van der Waals surface area (Å²) in [5, 5.41) is 24.9. The standard InChI is InChI=1S/C15H21N5O5/c1-2-5-16-15(21)11-17-6-8-18(9-7-17)13-4-3-12(19(22)23)10-14(13)20(24)25/h3-4,10H,2,5-9,11H2,1H3,(H,16,21). The maximum atomic E-state index is 11.7. The molecule has 1 aliphatic rings. The molecule has 0 unspecified atom stereocenters. The van der Waals surface area contributed by atoms with Crippen molar-refractivity contribution in [1.82, 2.24) is 10.2 Å². The first kappa shape index (κ1) is 18.6. The molecule has 1 N–H and O–H groups in total. The number of nitrogens with zero attached hydrogens (tertiary/aromatic N) is 4. The van der Waals surface area contributed by atoms with Crippen molar-refractivity contribution in [3.63, 3.8) is 0 Å². The lowest BCUT2D eigenvalue weighted by Crippen LogP contribution is -2.49. The van der Waals surface area contributed by atoms with Gasteiger partial charge in [0.25, 0.3) is 11.4 Å². The third kappa shape index (κ3) is 4.86. The average molecular weight is 351 g/mol. The number of nitro groups is 2. The van der Waals surface area contributed by atoms with Crippen molar-refractivity contribution < 1.29 is 14.6 Å². The van der Waals surface area contributed by atoms with Crippen molar-refractivity contribution in [3.8, 4) is 0 Å². The van der Waals surface area contributed by atoms with Crippen LogP contribution in [0.1, 0.15) is 13.3 Å². The number of piperazine rings is 1. The van der Waals surface area contributed by atoms with Gasteiger partial charge in [-0.2, -0.15) is 0 Å². The second-order valence-corrected chi connectivity index (χ2v) is 5.80. The lowest BCUT2D eigenvalue weighted by atomic mass is 10.2. The summed E-state index contributed by atoms with van der Waals surface area (Å²) in [4.78, 5) is 36.4. The summed E-state index contributed by atoms with van der Waals surface area (Å²) in [6.07, 6.45) is 0.878. The van der Waals surface area contributed by atoms with Crippen LogP contribution in [0, 0.1) is 20.2 Å². The zero-order chi connectivity index (χ0) is 18.4. The smallest absolute Gasteiger partial charge is 0.299 e. The number of amides is 1. The maximum Gasteiger partial charge on any atom is 0.299 e. The Morgan fingerprint density at radius 3 is 2.40 bits per heavy atom. The van der Waals surface area contributed by atoms with Gasteiger partial charge in [0.15, 0.2) is 0 Å². The lowest BCUT2D eigenvalue weighted by molar-refractivity contribution is -0.393. The van der Waals surface area contributed by atoms with E-state index in [4.69, 9.17) is 0 Å². The first-order valence-corrected chi connectivity index (χ1v) is 8.09. The molecule has 0 spiro atoms. The minimum Gasteiger partial charge on any atom is -0.363 e. The first-order chi connectivity index (χ1) is 11.9. The van der Waals surface area contributed by atoms with Crippen molar-refractivity contribution in [2.24, 2.45) is 0 Å². The van der Waals surface area contributed by atoms with Crippen LogP contribution in [0.2, 0.25) is 0 Å². The Hall–Kier alpha value is -2.75. The van der Waals surface area contributed by atoms with Crippen molar-refractivity contribution in [3.05, 3.63) is 38.4 Å². The van der Waals surface area contributed by atoms with E-state index in [0.29, 0.717) is 45.0 Å². The Bertz CT molecular complexity index is 658. The molecule has 0 radical (unpaired) electrons. The Kier molecular flexibility index (Phi) is 6.23. The van der Waals surface area contributed by atoms with Crippen LogP contribution in [0.25, 0.3) is 0 Å². The van der Waals surface area contributed by atoms with Crippen LogP contribution in [0.15, 0.2) is 18.2 Å². The Morgan fingerprint density at radius 1 is 1.16 bits per heavy atom. The van der Waals surface area contributed by atoms with Crippen molar-refractivity contribution in [2.45, 2.75) is 13.3 Å². The van der Waals surface area contributed by atoms with E-state index in [9.17, 15) is 25.0 Å². The van der Waals surface area contributed by atoms with E-state index in [1.54, 1.807) is 0 Å². The molecular weight excluding hydrogens is 330 g/mol. The van der Waals surface area contributed by atoms with Gasteiger partial charge in [-0.15, -0.1) is 0 Å². The van der Waals surface area contributed by atoms with Crippen molar-refractivity contribution in [1.29, 1.82) is 0 Å². The van der Waals surface area contributed by atoms with Crippen molar-refractivity contribution in [2.75, 3.05) is 44.2 Å². The van der Waals surface area contributed by atoms with E-state index in [2.05, 4.69) is 5.32 Å². The van der Waals surface area contributed by atoms with Crippen LogP contribution >= 0.6 is 0 Å². The monoisotopic (exact) mass is 351 g/mol. The summed E-state index contributed by atoms with van der Waals surface area (Å²) in [7, 11) is 0. The van der Waals surface area contributed by atoms with Crippen LogP contribution < -0.4 is 10.2 Å². The van der Waals surface area contributed by atoms with Crippen LogP contribution in [0.4, 0.5) is 17.1 Å². The zero-order valence-corrected chi connectivity index (χ0v) is 14.0. The average Bonchev–Trinajstić information content (AvgIpc) is 2.60. The molecule has 1 heterocycles. The van der Waals surface area contributed by atoms with Crippen LogP contribution in [0.5, 0.6) is 0 Å². The largest absolute Gasteiger partial charge is 0.363 e. The number of nitrogens with one attached hydrogen (secondary N) is 1. The molecule has 10 heteroatoms. The summed E-state index contributed by atoms with van der Waals surface area (Å²) in [6.45, 7) is 5.14. The van der Waals surface area contributed by atoms with E-state index >= 15 is 0 Å². The van der Waals surface area contributed by atoms with Gasteiger partial charge in [-0.05, 0) is 12.5 Å². The van der Waals surface area contributed by atoms with Gasteiger partial charge in [-0.1, -0.05) is 6.92 Å². The molecular formula is C15H21N5O5. The molecule has 0 aromatic heterocycles. The summed E-state index contributed by atoms with van der Waals surface area (Å²) < 4.78 is 0. The molecule has 1 saturated heterocycles. The van der Waals surface area contributed by atoms with Crippen LogP contribution in [-0.2, 0) is 4.79 Å². The normalized spacial score (nSPS) is 15.0. The predicted octanol–water partition coefficient (Wildman–Crippen LogP) is 1.15. The fraction of sp³-hybridized carbons (Fsp3) is 0.533. The number of non-ortho nitro benzene ring substituents is 1. The number of hydrogen-bond donors (Lipinski definition) is 1. The Labute approximate surface area is 144 Å². The topological polar surface area (TPSA) is 122 Å². The number of hydrogen-bond acceptors (Lipinski definition) is 7. The molecule has 1 aliphatic heterocycles. The lowest BCUT2D eigenvalue weighted by Gasteiger charge is -2.35. The fourth-order valence-corrected chi connectivity index (χ4v) is 2.71. The van der Waals surface area contributed by atoms with Gasteiger partial charge in [0.2, 0.25) is 5.91 Å². The van der Waals surface area contributed by atoms with Gasteiger partial charge >= 0.3 is 0 Å². The second-order valence-electron chi connectivity index (χ2n) is 5.80. The number of carbonyl (C=O) groups excluding carboxylic acids is 1. The highest BCUT2D eigenvalue weighted by Gasteiger charge is 2.26. The van der Waals surface area contributed by atoms with E-state index in [0.717, 1.165) is 12.5 Å². The van der Waals surface area contributed by atoms with Gasteiger partial charge in [0.05, 0.1) is 22.5 Å².